The zero-order valence-electron chi connectivity index (χ0n) is 14.9. The van der Waals surface area contributed by atoms with Gasteiger partial charge in [0.15, 0.2) is 0 Å². The predicted octanol–water partition coefficient (Wildman–Crippen LogP) is 2.90. The minimum Gasteiger partial charge on any atom is -0.337 e. The van der Waals surface area contributed by atoms with Crippen LogP contribution in [-0.2, 0) is 20.1 Å². The van der Waals surface area contributed by atoms with E-state index in [2.05, 4.69) is 38.5 Å². The quantitative estimate of drug-likeness (QED) is 0.863. The number of aromatic nitrogens is 3. The van der Waals surface area contributed by atoms with Gasteiger partial charge in [-0.05, 0) is 50.6 Å². The van der Waals surface area contributed by atoms with Crippen LogP contribution in [0.2, 0.25) is 0 Å². The molecule has 5 rings (SSSR count). The first-order chi connectivity index (χ1) is 12.3. The molecule has 3 fully saturated rings. The third-order valence-electron chi connectivity index (χ3n) is 6.44. The highest BCUT2D eigenvalue weighted by Gasteiger charge is 2.56. The Kier molecular flexibility index (Phi) is 3.95. The van der Waals surface area contributed by atoms with Gasteiger partial charge >= 0.3 is 0 Å². The summed E-state index contributed by atoms with van der Waals surface area (Å²) in [6.45, 7) is 4.36. The molecule has 0 amide bonds. The predicted molar refractivity (Wildman–Crippen MR) is 99.5 cm³/mol. The van der Waals surface area contributed by atoms with Gasteiger partial charge in [-0.15, -0.1) is 11.3 Å². The van der Waals surface area contributed by atoms with Crippen LogP contribution in [0.25, 0.3) is 0 Å². The first-order valence-electron chi connectivity index (χ1n) is 9.58. The minimum absolute atomic E-state index is 0.556. The molecule has 1 atom stereocenters. The van der Waals surface area contributed by atoms with Crippen LogP contribution in [0, 0.1) is 5.41 Å². The van der Waals surface area contributed by atoms with Crippen LogP contribution in [0.15, 0.2) is 17.9 Å². The van der Waals surface area contributed by atoms with Crippen molar-refractivity contribution >= 4 is 11.3 Å². The SMILES string of the molecule is Cn1ccnc1CN(Cc1scnc1C1CC1)C1CC12CCNCC2. The Morgan fingerprint density at radius 3 is 2.84 bits per heavy atom. The fourth-order valence-electron chi connectivity index (χ4n) is 4.58. The number of nitrogens with one attached hydrogen (secondary N) is 1. The number of imidazole rings is 1. The molecule has 0 aromatic carbocycles. The van der Waals surface area contributed by atoms with Gasteiger partial charge in [0.25, 0.3) is 0 Å². The number of thiazole rings is 1. The van der Waals surface area contributed by atoms with Gasteiger partial charge in [-0.2, -0.15) is 0 Å². The summed E-state index contributed by atoms with van der Waals surface area (Å²) in [5, 5.41) is 3.53. The maximum Gasteiger partial charge on any atom is 0.122 e. The average molecular weight is 358 g/mol. The summed E-state index contributed by atoms with van der Waals surface area (Å²) in [7, 11) is 2.11. The van der Waals surface area contributed by atoms with Crippen molar-refractivity contribution in [1.29, 1.82) is 0 Å². The van der Waals surface area contributed by atoms with Crippen molar-refractivity contribution in [2.75, 3.05) is 13.1 Å². The lowest BCUT2D eigenvalue weighted by Gasteiger charge is -2.29. The summed E-state index contributed by atoms with van der Waals surface area (Å²) >= 11 is 1.85. The van der Waals surface area contributed by atoms with E-state index in [4.69, 9.17) is 4.98 Å². The fraction of sp³-hybridized carbons (Fsp3) is 0.684. The van der Waals surface area contributed by atoms with Crippen LogP contribution in [0.3, 0.4) is 0 Å². The molecule has 0 bridgehead atoms. The van der Waals surface area contributed by atoms with E-state index in [0.29, 0.717) is 11.5 Å². The summed E-state index contributed by atoms with van der Waals surface area (Å²) in [5.41, 5.74) is 3.99. The largest absolute Gasteiger partial charge is 0.337 e. The molecule has 5 nitrogen and oxygen atoms in total. The molecule has 2 saturated carbocycles. The smallest absolute Gasteiger partial charge is 0.122 e. The van der Waals surface area contributed by atoms with Crippen LogP contribution >= 0.6 is 11.3 Å². The number of rotatable bonds is 6. The number of piperidine rings is 1. The molecule has 134 valence electrons. The highest BCUT2D eigenvalue weighted by molar-refractivity contribution is 7.09. The number of hydrogen-bond acceptors (Lipinski definition) is 5. The second-order valence-electron chi connectivity index (χ2n) is 8.13. The first-order valence-corrected chi connectivity index (χ1v) is 10.5. The van der Waals surface area contributed by atoms with E-state index in [1.165, 1.54) is 61.6 Å². The lowest BCUT2D eigenvalue weighted by molar-refractivity contribution is 0.183. The Balaban J connectivity index is 1.38. The Labute approximate surface area is 153 Å². The first kappa shape index (κ1) is 16.0. The van der Waals surface area contributed by atoms with Crippen LogP contribution in [0.4, 0.5) is 0 Å². The van der Waals surface area contributed by atoms with Gasteiger partial charge in [-0.25, -0.2) is 9.97 Å². The van der Waals surface area contributed by atoms with E-state index >= 15 is 0 Å². The van der Waals surface area contributed by atoms with Crippen LogP contribution in [-0.4, -0.2) is 38.6 Å². The van der Waals surface area contributed by atoms with Gasteiger partial charge in [-0.3, -0.25) is 4.90 Å². The Morgan fingerprint density at radius 1 is 1.28 bits per heavy atom. The van der Waals surface area contributed by atoms with Crippen LogP contribution < -0.4 is 5.32 Å². The van der Waals surface area contributed by atoms with Crippen LogP contribution in [0.1, 0.15) is 54.4 Å². The second kappa shape index (κ2) is 6.18. The molecule has 1 saturated heterocycles. The van der Waals surface area contributed by atoms with E-state index in [1.807, 2.05) is 17.5 Å². The number of nitrogens with zero attached hydrogens (tertiary/aromatic N) is 4. The number of aryl methyl sites for hydroxylation is 1. The maximum absolute atomic E-state index is 4.69. The van der Waals surface area contributed by atoms with Gasteiger partial charge in [0.1, 0.15) is 5.82 Å². The van der Waals surface area contributed by atoms with Gasteiger partial charge in [-0.1, -0.05) is 0 Å². The Morgan fingerprint density at radius 2 is 2.12 bits per heavy atom. The Hall–Kier alpha value is -1.24. The second-order valence-corrected chi connectivity index (χ2v) is 9.07. The van der Waals surface area contributed by atoms with Crippen molar-refractivity contribution in [3.8, 4) is 0 Å². The van der Waals surface area contributed by atoms with Crippen molar-refractivity contribution in [3.63, 3.8) is 0 Å². The molecule has 2 aliphatic carbocycles. The molecule has 1 spiro atoms. The molecule has 6 heteroatoms. The average Bonchev–Trinajstić information content (AvgIpc) is 3.49. The summed E-state index contributed by atoms with van der Waals surface area (Å²) < 4.78 is 2.17. The van der Waals surface area contributed by atoms with Crippen molar-refractivity contribution in [1.82, 2.24) is 24.8 Å². The molecular weight excluding hydrogens is 330 g/mol. The number of hydrogen-bond donors (Lipinski definition) is 1. The third-order valence-corrected chi connectivity index (χ3v) is 7.27. The molecule has 0 radical (unpaired) electrons. The summed E-state index contributed by atoms with van der Waals surface area (Å²) in [6, 6.07) is 0.709. The van der Waals surface area contributed by atoms with E-state index in [9.17, 15) is 0 Å². The van der Waals surface area contributed by atoms with E-state index in [-0.39, 0.29) is 0 Å². The monoisotopic (exact) mass is 357 g/mol. The molecule has 1 unspecified atom stereocenters. The standard InChI is InChI=1S/C19H27N5S/c1-23-9-8-21-17(23)12-24(16-10-19(16)4-6-20-7-5-19)11-15-18(14-2-3-14)22-13-25-15/h8-9,13-14,16,20H,2-7,10-12H2,1H3. The van der Waals surface area contributed by atoms with Gasteiger partial charge in [0.05, 0.1) is 17.7 Å². The Bertz CT molecular complexity index is 741. The molecular formula is C19H27N5S. The van der Waals surface area contributed by atoms with Crippen molar-refractivity contribution in [3.05, 3.63) is 34.3 Å². The van der Waals surface area contributed by atoms with Gasteiger partial charge < -0.3 is 9.88 Å². The lowest BCUT2D eigenvalue weighted by atomic mass is 9.93. The minimum atomic E-state index is 0.556. The van der Waals surface area contributed by atoms with Gasteiger partial charge in [0.2, 0.25) is 0 Å². The molecule has 25 heavy (non-hydrogen) atoms. The lowest BCUT2D eigenvalue weighted by Crippen LogP contribution is -2.36. The molecule has 2 aromatic rings. The molecule has 2 aromatic heterocycles. The van der Waals surface area contributed by atoms with Crippen molar-refractivity contribution in [2.24, 2.45) is 12.5 Å². The highest BCUT2D eigenvalue weighted by atomic mass is 32.1. The zero-order chi connectivity index (χ0) is 16.9. The molecule has 3 aliphatic rings. The molecule has 1 N–H and O–H groups in total. The van der Waals surface area contributed by atoms with E-state index in [1.54, 1.807) is 0 Å². The van der Waals surface area contributed by atoms with Crippen molar-refractivity contribution in [2.45, 2.75) is 57.2 Å². The topological polar surface area (TPSA) is 46.0 Å². The summed E-state index contributed by atoms with van der Waals surface area (Å²) in [5.74, 6) is 1.91. The summed E-state index contributed by atoms with van der Waals surface area (Å²) in [6.07, 6.45) is 10.6. The molecule has 1 aliphatic heterocycles. The zero-order valence-corrected chi connectivity index (χ0v) is 15.8. The summed E-state index contributed by atoms with van der Waals surface area (Å²) in [4.78, 5) is 13.5. The third kappa shape index (κ3) is 3.04. The van der Waals surface area contributed by atoms with Crippen molar-refractivity contribution < 1.29 is 0 Å². The maximum atomic E-state index is 4.69. The highest BCUT2D eigenvalue weighted by Crippen LogP contribution is 2.56. The van der Waals surface area contributed by atoms with E-state index < -0.39 is 0 Å². The van der Waals surface area contributed by atoms with E-state index in [0.717, 1.165) is 19.0 Å². The normalized spacial score (nSPS) is 25.0. The fourth-order valence-corrected chi connectivity index (χ4v) is 5.46. The van der Waals surface area contributed by atoms with Crippen LogP contribution in [0.5, 0.6) is 0 Å². The van der Waals surface area contributed by atoms with Gasteiger partial charge in [0, 0.05) is 42.8 Å². The molecule has 3 heterocycles.